The first kappa shape index (κ1) is 22.9. The number of rotatable bonds is 4. The van der Waals surface area contributed by atoms with Gasteiger partial charge < -0.3 is 0 Å². The molecule has 0 aromatic rings. The van der Waals surface area contributed by atoms with Crippen molar-refractivity contribution in [2.45, 2.75) is 90.4 Å². The van der Waals surface area contributed by atoms with E-state index in [0.717, 1.165) is 19.3 Å². The summed E-state index contributed by atoms with van der Waals surface area (Å²) in [5.74, 6) is 0. The van der Waals surface area contributed by atoms with Gasteiger partial charge in [0.2, 0.25) is 0 Å². The predicted molar refractivity (Wildman–Crippen MR) is 103 cm³/mol. The molecule has 3 heterocycles. The van der Waals surface area contributed by atoms with E-state index >= 15 is 0 Å². The third kappa shape index (κ3) is 5.87. The first-order valence-electron chi connectivity index (χ1n) is 9.81. The zero-order valence-corrected chi connectivity index (χ0v) is 19.4. The van der Waals surface area contributed by atoms with Crippen LogP contribution in [0, 0.1) is 0 Å². The summed E-state index contributed by atoms with van der Waals surface area (Å²) in [6.45, 7) is 11.5. The second-order valence-corrected chi connectivity index (χ2v) is 12.5. The average Bonchev–Trinajstić information content (AvgIpc) is 2.91. The number of hydrogen-bond acceptors (Lipinski definition) is 9. The highest BCUT2D eigenvalue weighted by atomic mass is 31.2. The van der Waals surface area contributed by atoms with Gasteiger partial charge in [0.15, 0.2) is 0 Å². The first-order chi connectivity index (χ1) is 12.8. The van der Waals surface area contributed by atoms with Crippen LogP contribution >= 0.6 is 15.6 Å². The van der Waals surface area contributed by atoms with Gasteiger partial charge in [-0.05, 0) is 54.4 Å². The Balaban J connectivity index is 1.87. The third-order valence-electron chi connectivity index (χ3n) is 4.45. The number of phosphoric acid groups is 2. The maximum Gasteiger partial charge on any atom is 0.477 e. The minimum absolute atomic E-state index is 0.0591. The molecule has 0 aromatic carbocycles. The van der Waals surface area contributed by atoms with Crippen LogP contribution in [0.1, 0.15) is 60.8 Å². The van der Waals surface area contributed by atoms with Crippen molar-refractivity contribution in [2.24, 2.45) is 0 Å². The molecule has 164 valence electrons. The molecule has 3 saturated heterocycles. The van der Waals surface area contributed by atoms with Gasteiger partial charge in [0.1, 0.15) is 12.3 Å². The molecule has 4 atom stereocenters. The highest BCUT2D eigenvalue weighted by molar-refractivity contribution is 7.49. The summed E-state index contributed by atoms with van der Waals surface area (Å²) in [7, 11) is -7.58. The quantitative estimate of drug-likeness (QED) is 0.586. The van der Waals surface area contributed by atoms with Crippen molar-refractivity contribution in [3.05, 3.63) is 0 Å². The van der Waals surface area contributed by atoms with Crippen LogP contribution in [0.3, 0.4) is 0 Å². The third-order valence-corrected chi connectivity index (χ3v) is 7.95. The fraction of sp³-hybridized carbons (Fsp3) is 1.00. The summed E-state index contributed by atoms with van der Waals surface area (Å²) in [5.41, 5.74) is -1.49. The zero-order chi connectivity index (χ0) is 20.8. The van der Waals surface area contributed by atoms with Crippen LogP contribution in [0.2, 0.25) is 0 Å². The number of phosphoric ester groups is 2. The largest absolute Gasteiger partial charge is 0.477 e. The molecule has 4 unspecified atom stereocenters. The van der Waals surface area contributed by atoms with Crippen molar-refractivity contribution < 1.29 is 36.3 Å². The van der Waals surface area contributed by atoms with Crippen LogP contribution in [0.25, 0.3) is 0 Å². The Bertz CT molecular complexity index is 639. The second kappa shape index (κ2) is 8.03. The standard InChI is InChI=1S/C17H33NO8P2/c1-16(2,3)25-28(20,26-17(4,5)6)24-15-12-22-27(19)21-11-14(23-27)13-9-7-8-10-18(13)15/h13-15H,7-12H2,1-6H3. The van der Waals surface area contributed by atoms with Crippen molar-refractivity contribution in [3.8, 4) is 0 Å². The molecule has 0 saturated carbocycles. The Hall–Kier alpha value is 0.180. The molecule has 0 N–H and O–H groups in total. The van der Waals surface area contributed by atoms with Crippen molar-refractivity contribution in [3.63, 3.8) is 0 Å². The Labute approximate surface area is 167 Å². The van der Waals surface area contributed by atoms with Crippen LogP contribution in [-0.2, 0) is 36.3 Å². The van der Waals surface area contributed by atoms with E-state index in [0.29, 0.717) is 6.54 Å². The summed E-state index contributed by atoms with van der Waals surface area (Å²) < 4.78 is 60.0. The smallest absolute Gasteiger partial charge is 0.284 e. The molecule has 0 amide bonds. The second-order valence-electron chi connectivity index (χ2n) is 9.40. The van der Waals surface area contributed by atoms with Gasteiger partial charge in [0.05, 0.1) is 24.4 Å². The van der Waals surface area contributed by atoms with Gasteiger partial charge in [-0.15, -0.1) is 0 Å². The Morgan fingerprint density at radius 3 is 2.21 bits per heavy atom. The summed E-state index contributed by atoms with van der Waals surface area (Å²) >= 11 is 0. The number of hydrogen-bond donors (Lipinski definition) is 0. The molecule has 3 rings (SSSR count). The van der Waals surface area contributed by atoms with E-state index < -0.39 is 33.1 Å². The van der Waals surface area contributed by atoms with Crippen molar-refractivity contribution in [2.75, 3.05) is 19.8 Å². The summed E-state index contributed by atoms with van der Waals surface area (Å²) in [4.78, 5) is 2.05. The average molecular weight is 441 g/mol. The van der Waals surface area contributed by atoms with Gasteiger partial charge in [-0.1, -0.05) is 6.42 Å². The molecular weight excluding hydrogens is 408 g/mol. The highest BCUT2D eigenvalue weighted by Gasteiger charge is 2.51. The lowest BCUT2D eigenvalue weighted by molar-refractivity contribution is -0.111. The Morgan fingerprint density at radius 2 is 1.61 bits per heavy atom. The number of piperidine rings is 1. The van der Waals surface area contributed by atoms with Crippen molar-refractivity contribution >= 4 is 15.6 Å². The summed E-state index contributed by atoms with van der Waals surface area (Å²) in [6, 6.07) is -0.0591. The number of fused-ring (bicyclic) bond motifs is 4. The maximum absolute atomic E-state index is 13.6. The van der Waals surface area contributed by atoms with E-state index in [1.807, 2.05) is 0 Å². The predicted octanol–water partition coefficient (Wildman–Crippen LogP) is 4.48. The molecule has 0 radical (unpaired) electrons. The monoisotopic (exact) mass is 441 g/mol. The molecule has 3 fully saturated rings. The lowest BCUT2D eigenvalue weighted by atomic mass is 9.97. The molecule has 0 aliphatic carbocycles. The lowest BCUT2D eigenvalue weighted by Gasteiger charge is -2.44. The summed E-state index contributed by atoms with van der Waals surface area (Å²) in [6.07, 6.45) is 1.71. The Morgan fingerprint density at radius 1 is 1.00 bits per heavy atom. The number of nitrogens with zero attached hydrogens (tertiary/aromatic N) is 1. The van der Waals surface area contributed by atoms with E-state index in [-0.39, 0.29) is 25.4 Å². The van der Waals surface area contributed by atoms with Gasteiger partial charge in [-0.25, -0.2) is 9.13 Å². The van der Waals surface area contributed by atoms with Gasteiger partial charge in [0, 0.05) is 12.6 Å². The zero-order valence-electron chi connectivity index (χ0n) is 17.6. The van der Waals surface area contributed by atoms with Crippen LogP contribution < -0.4 is 0 Å². The molecule has 9 nitrogen and oxygen atoms in total. The molecule has 28 heavy (non-hydrogen) atoms. The molecule has 2 bridgehead atoms. The molecule has 0 spiro atoms. The van der Waals surface area contributed by atoms with Crippen molar-refractivity contribution in [1.82, 2.24) is 4.90 Å². The van der Waals surface area contributed by atoms with Crippen molar-refractivity contribution in [1.29, 1.82) is 0 Å². The molecule has 11 heteroatoms. The van der Waals surface area contributed by atoms with Gasteiger partial charge in [-0.3, -0.25) is 32.0 Å². The molecule has 3 aliphatic rings. The minimum Gasteiger partial charge on any atom is -0.284 e. The van der Waals surface area contributed by atoms with Gasteiger partial charge in [-0.2, -0.15) is 0 Å². The minimum atomic E-state index is -3.96. The van der Waals surface area contributed by atoms with E-state index in [2.05, 4.69) is 4.90 Å². The topological polar surface area (TPSA) is 92.8 Å². The Kier molecular flexibility index (Phi) is 6.55. The normalized spacial score (nSPS) is 35.3. The molecular formula is C17H33NO8P2. The van der Waals surface area contributed by atoms with E-state index in [1.165, 1.54) is 0 Å². The van der Waals surface area contributed by atoms with Crippen LogP contribution in [-0.4, -0.2) is 54.2 Å². The first-order valence-corrected chi connectivity index (χ1v) is 12.7. The summed E-state index contributed by atoms with van der Waals surface area (Å²) in [5, 5.41) is 0. The maximum atomic E-state index is 13.6. The van der Waals surface area contributed by atoms with Crippen LogP contribution in [0.5, 0.6) is 0 Å². The SMILES string of the molecule is CC(C)(C)OP(=O)(OC1COP2(=O)OCC(O2)C2CCCCN12)OC(C)(C)C. The van der Waals surface area contributed by atoms with Gasteiger partial charge in [0.25, 0.3) is 0 Å². The highest BCUT2D eigenvalue weighted by Crippen LogP contribution is 2.60. The van der Waals surface area contributed by atoms with E-state index in [1.54, 1.807) is 41.5 Å². The van der Waals surface area contributed by atoms with E-state index in [4.69, 9.17) is 27.1 Å². The van der Waals surface area contributed by atoms with Gasteiger partial charge >= 0.3 is 15.6 Å². The fourth-order valence-corrected chi connectivity index (χ4v) is 6.91. The van der Waals surface area contributed by atoms with Crippen LogP contribution in [0.4, 0.5) is 0 Å². The van der Waals surface area contributed by atoms with Crippen LogP contribution in [0.15, 0.2) is 0 Å². The fourth-order valence-electron chi connectivity index (χ4n) is 3.60. The van der Waals surface area contributed by atoms with E-state index in [9.17, 15) is 9.13 Å². The lowest BCUT2D eigenvalue weighted by Crippen LogP contribution is -2.55. The molecule has 3 aliphatic heterocycles. The molecule has 0 aromatic heterocycles.